The average molecular weight is 386 g/mol. The zero-order valence-electron chi connectivity index (χ0n) is 13.2. The maximum atomic E-state index is 12.4. The molecule has 10 heteroatoms. The molecule has 4 N–H and O–H groups in total. The number of ether oxygens (including phenoxy) is 2. The van der Waals surface area contributed by atoms with Gasteiger partial charge in [0, 0.05) is 0 Å². The first-order valence-electron chi connectivity index (χ1n) is 6.94. The molecule has 0 aliphatic rings. The van der Waals surface area contributed by atoms with Gasteiger partial charge in [0.25, 0.3) is 15.9 Å². The van der Waals surface area contributed by atoms with Crippen LogP contribution in [0.2, 0.25) is 5.02 Å². The van der Waals surface area contributed by atoms with Crippen LogP contribution in [0.5, 0.6) is 11.5 Å². The molecule has 2 rings (SSSR count). The number of carbonyl (C=O) groups excluding carboxylic acids is 1. The predicted molar refractivity (Wildman–Crippen MR) is 93.1 cm³/mol. The number of rotatable bonds is 7. The Balaban J connectivity index is 2.11. The number of halogens is 1. The number of carbonyl (C=O) groups is 1. The van der Waals surface area contributed by atoms with Crippen LogP contribution in [0.4, 0.5) is 5.69 Å². The minimum atomic E-state index is -3.81. The van der Waals surface area contributed by atoms with E-state index >= 15 is 0 Å². The number of hydrazine groups is 1. The van der Waals surface area contributed by atoms with Crippen molar-refractivity contribution < 1.29 is 22.7 Å². The fraction of sp³-hybridized carbons (Fsp3) is 0.133. The maximum absolute atomic E-state index is 12.4. The highest BCUT2D eigenvalue weighted by Crippen LogP contribution is 2.28. The molecule has 0 atom stereocenters. The van der Waals surface area contributed by atoms with Crippen molar-refractivity contribution in [2.24, 2.45) is 5.84 Å². The molecule has 2 aromatic carbocycles. The lowest BCUT2D eigenvalue weighted by Crippen LogP contribution is -2.34. The van der Waals surface area contributed by atoms with Gasteiger partial charge in [-0.3, -0.25) is 14.9 Å². The summed E-state index contributed by atoms with van der Waals surface area (Å²) in [5.41, 5.74) is 2.22. The van der Waals surface area contributed by atoms with Gasteiger partial charge < -0.3 is 9.47 Å². The van der Waals surface area contributed by atoms with Crippen LogP contribution in [0, 0.1) is 0 Å². The largest absolute Gasteiger partial charge is 0.495 e. The number of nitrogens with two attached hydrogens (primary N) is 1. The molecular weight excluding hydrogens is 370 g/mol. The molecule has 0 bridgehead atoms. The molecule has 0 fully saturated rings. The number of benzene rings is 2. The molecule has 134 valence electrons. The highest BCUT2D eigenvalue weighted by atomic mass is 35.5. The molecule has 25 heavy (non-hydrogen) atoms. The molecule has 0 aliphatic heterocycles. The van der Waals surface area contributed by atoms with Crippen LogP contribution in [-0.4, -0.2) is 28.0 Å². The van der Waals surface area contributed by atoms with Crippen LogP contribution < -0.4 is 25.5 Å². The SMILES string of the molecule is COc1ccc(NS(=O)(=O)c2ccc(OCC(=O)NN)cc2)cc1Cl. The zero-order valence-corrected chi connectivity index (χ0v) is 14.7. The minimum Gasteiger partial charge on any atom is -0.495 e. The van der Waals surface area contributed by atoms with Crippen LogP contribution in [0.25, 0.3) is 0 Å². The number of amides is 1. The van der Waals surface area contributed by atoms with Gasteiger partial charge in [-0.05, 0) is 42.5 Å². The summed E-state index contributed by atoms with van der Waals surface area (Å²) in [4.78, 5) is 11.0. The molecule has 0 spiro atoms. The highest BCUT2D eigenvalue weighted by molar-refractivity contribution is 7.92. The quantitative estimate of drug-likeness (QED) is 0.377. The Kier molecular flexibility index (Phi) is 6.07. The van der Waals surface area contributed by atoms with E-state index in [1.165, 1.54) is 43.5 Å². The normalized spacial score (nSPS) is 10.8. The molecule has 0 heterocycles. The lowest BCUT2D eigenvalue weighted by atomic mass is 10.3. The summed E-state index contributed by atoms with van der Waals surface area (Å²) >= 11 is 5.98. The van der Waals surface area contributed by atoms with Gasteiger partial charge >= 0.3 is 0 Å². The van der Waals surface area contributed by atoms with Crippen LogP contribution >= 0.6 is 11.6 Å². The third kappa shape index (κ3) is 4.99. The highest BCUT2D eigenvalue weighted by Gasteiger charge is 2.15. The summed E-state index contributed by atoms with van der Waals surface area (Å²) in [6, 6.07) is 10.1. The van der Waals surface area contributed by atoms with E-state index in [1.807, 2.05) is 5.43 Å². The van der Waals surface area contributed by atoms with Crippen molar-refractivity contribution in [3.05, 3.63) is 47.5 Å². The second kappa shape index (κ2) is 8.06. The topological polar surface area (TPSA) is 120 Å². The second-order valence-electron chi connectivity index (χ2n) is 4.78. The molecular formula is C15H16ClN3O5S. The maximum Gasteiger partial charge on any atom is 0.271 e. The zero-order chi connectivity index (χ0) is 18.4. The predicted octanol–water partition coefficient (Wildman–Crippen LogP) is 1.52. The average Bonchev–Trinajstić information content (AvgIpc) is 2.60. The summed E-state index contributed by atoms with van der Waals surface area (Å²) in [6.07, 6.45) is 0. The summed E-state index contributed by atoms with van der Waals surface area (Å²) in [5.74, 6) is 5.20. The fourth-order valence-electron chi connectivity index (χ4n) is 1.85. The standard InChI is InChI=1S/C15H16ClN3O5S/c1-23-14-7-2-10(8-13(14)16)19-25(21,22)12-5-3-11(4-6-12)24-9-15(20)18-17/h2-8,19H,9,17H2,1H3,(H,18,20). The van der Waals surface area contributed by atoms with Gasteiger partial charge in [0.05, 0.1) is 22.7 Å². The molecule has 0 saturated heterocycles. The molecule has 0 radical (unpaired) electrons. The summed E-state index contributed by atoms with van der Waals surface area (Å²) in [6.45, 7) is -0.273. The van der Waals surface area contributed by atoms with Crippen molar-refractivity contribution in [3.8, 4) is 11.5 Å². The van der Waals surface area contributed by atoms with Crippen molar-refractivity contribution in [1.82, 2.24) is 5.43 Å². The summed E-state index contributed by atoms with van der Waals surface area (Å²) < 4.78 is 37.3. The van der Waals surface area contributed by atoms with E-state index in [4.69, 9.17) is 26.9 Å². The van der Waals surface area contributed by atoms with E-state index in [-0.39, 0.29) is 16.5 Å². The first-order valence-corrected chi connectivity index (χ1v) is 8.80. The number of nitrogens with one attached hydrogen (secondary N) is 2. The van der Waals surface area contributed by atoms with Gasteiger partial charge in [-0.2, -0.15) is 0 Å². The van der Waals surface area contributed by atoms with Crippen molar-refractivity contribution in [2.75, 3.05) is 18.4 Å². The number of methoxy groups -OCH3 is 1. The van der Waals surface area contributed by atoms with E-state index in [0.717, 1.165) is 0 Å². The molecule has 0 aromatic heterocycles. The van der Waals surface area contributed by atoms with Gasteiger partial charge in [-0.1, -0.05) is 11.6 Å². The fourth-order valence-corrected chi connectivity index (χ4v) is 3.16. The molecule has 0 saturated carbocycles. The van der Waals surface area contributed by atoms with Gasteiger partial charge in [0.1, 0.15) is 11.5 Å². The smallest absolute Gasteiger partial charge is 0.271 e. The Bertz CT molecular complexity index is 856. The van der Waals surface area contributed by atoms with Crippen LogP contribution in [-0.2, 0) is 14.8 Å². The first kappa shape index (κ1) is 18.8. The molecule has 0 aliphatic carbocycles. The van der Waals surface area contributed by atoms with E-state index in [2.05, 4.69) is 4.72 Å². The van der Waals surface area contributed by atoms with E-state index in [0.29, 0.717) is 17.2 Å². The Labute approximate surface area is 149 Å². The van der Waals surface area contributed by atoms with Gasteiger partial charge in [-0.15, -0.1) is 0 Å². The summed E-state index contributed by atoms with van der Waals surface area (Å²) in [5, 5.41) is 0.282. The number of anilines is 1. The first-order chi connectivity index (χ1) is 11.9. The van der Waals surface area contributed by atoms with Gasteiger partial charge in [0.15, 0.2) is 6.61 Å². The Morgan fingerprint density at radius 3 is 2.44 bits per heavy atom. The van der Waals surface area contributed by atoms with E-state index in [9.17, 15) is 13.2 Å². The molecule has 1 amide bonds. The lowest BCUT2D eigenvalue weighted by molar-refractivity contribution is -0.123. The Morgan fingerprint density at radius 1 is 1.20 bits per heavy atom. The molecule has 2 aromatic rings. The number of hydrogen-bond acceptors (Lipinski definition) is 6. The Morgan fingerprint density at radius 2 is 1.88 bits per heavy atom. The summed E-state index contributed by atoms with van der Waals surface area (Å²) in [7, 11) is -2.34. The number of hydrogen-bond donors (Lipinski definition) is 3. The van der Waals surface area contributed by atoms with Crippen LogP contribution in [0.3, 0.4) is 0 Å². The van der Waals surface area contributed by atoms with Crippen molar-refractivity contribution >= 4 is 33.2 Å². The van der Waals surface area contributed by atoms with E-state index in [1.54, 1.807) is 6.07 Å². The van der Waals surface area contributed by atoms with Gasteiger partial charge in [0.2, 0.25) is 0 Å². The minimum absolute atomic E-state index is 0.0232. The van der Waals surface area contributed by atoms with Gasteiger partial charge in [-0.25, -0.2) is 14.3 Å². The van der Waals surface area contributed by atoms with Crippen molar-refractivity contribution in [1.29, 1.82) is 0 Å². The number of sulfonamides is 1. The third-order valence-corrected chi connectivity index (χ3v) is 4.76. The monoisotopic (exact) mass is 385 g/mol. The molecule has 0 unspecified atom stereocenters. The van der Waals surface area contributed by atoms with Crippen LogP contribution in [0.1, 0.15) is 0 Å². The lowest BCUT2D eigenvalue weighted by Gasteiger charge is -2.11. The van der Waals surface area contributed by atoms with E-state index < -0.39 is 15.9 Å². The van der Waals surface area contributed by atoms with Crippen molar-refractivity contribution in [2.45, 2.75) is 4.90 Å². The van der Waals surface area contributed by atoms with Crippen molar-refractivity contribution in [3.63, 3.8) is 0 Å². The third-order valence-electron chi connectivity index (χ3n) is 3.07. The molecule has 8 nitrogen and oxygen atoms in total. The Hall–Kier alpha value is -2.49. The van der Waals surface area contributed by atoms with Crippen LogP contribution in [0.15, 0.2) is 47.4 Å². The second-order valence-corrected chi connectivity index (χ2v) is 6.87.